The summed E-state index contributed by atoms with van der Waals surface area (Å²) in [6.45, 7) is -1.49. The van der Waals surface area contributed by atoms with Crippen molar-refractivity contribution in [3.8, 4) is 0 Å². The van der Waals surface area contributed by atoms with E-state index in [1.165, 1.54) is 19.6 Å². The number of nitrogens with zero attached hydrogens (tertiary/aromatic N) is 4. The van der Waals surface area contributed by atoms with Crippen LogP contribution in [0.15, 0.2) is 0 Å². The standard InChI is InChI=1S/C21H27F5N4O6/c22-17-13(18(23)20(25)21(26)19(17)24)9-27-1-3-28(10-14(31)32)5-7-30(12-16(35)36)8-6-29(4-2-27)11-15(33)34/h1-12H2,(H,31,32)(H,33,34)(H,35,36). The maximum Gasteiger partial charge on any atom is 0.317 e. The Balaban J connectivity index is 2.31. The van der Waals surface area contributed by atoms with E-state index in [0.29, 0.717) is 0 Å². The van der Waals surface area contributed by atoms with E-state index in [-0.39, 0.29) is 58.9 Å². The first kappa shape index (κ1) is 29.4. The Morgan fingerprint density at radius 1 is 0.500 bits per heavy atom. The summed E-state index contributed by atoms with van der Waals surface area (Å²) in [4.78, 5) is 39.5. The fourth-order valence-corrected chi connectivity index (χ4v) is 3.80. The van der Waals surface area contributed by atoms with E-state index in [4.69, 9.17) is 5.11 Å². The summed E-state index contributed by atoms with van der Waals surface area (Å²) in [5, 5.41) is 27.6. The lowest BCUT2D eigenvalue weighted by atomic mass is 10.1. The summed E-state index contributed by atoms with van der Waals surface area (Å²) in [6, 6.07) is 0. The summed E-state index contributed by atoms with van der Waals surface area (Å²) in [6.07, 6.45) is 0. The molecule has 1 aromatic rings. The summed E-state index contributed by atoms with van der Waals surface area (Å²) in [5.74, 6) is -13.9. The second kappa shape index (κ2) is 13.4. The van der Waals surface area contributed by atoms with Gasteiger partial charge in [-0.15, -0.1) is 0 Å². The molecular formula is C21H27F5N4O6. The number of carbonyl (C=O) groups is 3. The number of halogens is 5. The van der Waals surface area contributed by atoms with Gasteiger partial charge in [0, 0.05) is 64.5 Å². The largest absolute Gasteiger partial charge is 0.480 e. The Morgan fingerprint density at radius 2 is 0.750 bits per heavy atom. The minimum Gasteiger partial charge on any atom is -0.480 e. The molecule has 15 heteroatoms. The van der Waals surface area contributed by atoms with Gasteiger partial charge in [-0.25, -0.2) is 22.0 Å². The van der Waals surface area contributed by atoms with Crippen molar-refractivity contribution in [2.75, 3.05) is 72.0 Å². The number of hydrogen-bond acceptors (Lipinski definition) is 7. The molecular weight excluding hydrogens is 499 g/mol. The third-order valence-electron chi connectivity index (χ3n) is 5.69. The molecule has 0 atom stereocenters. The number of carboxylic acids is 3. The monoisotopic (exact) mass is 526 g/mol. The predicted molar refractivity (Wildman–Crippen MR) is 114 cm³/mol. The zero-order chi connectivity index (χ0) is 27.0. The van der Waals surface area contributed by atoms with Gasteiger partial charge in [-0.1, -0.05) is 0 Å². The van der Waals surface area contributed by atoms with Gasteiger partial charge in [0.15, 0.2) is 23.3 Å². The van der Waals surface area contributed by atoms with Crippen LogP contribution >= 0.6 is 0 Å². The quantitative estimate of drug-likeness (QED) is 0.248. The van der Waals surface area contributed by atoms with E-state index in [2.05, 4.69) is 0 Å². The third-order valence-corrected chi connectivity index (χ3v) is 5.69. The second-order valence-corrected chi connectivity index (χ2v) is 8.33. The van der Waals surface area contributed by atoms with Gasteiger partial charge in [-0.2, -0.15) is 0 Å². The average molecular weight is 526 g/mol. The fourth-order valence-electron chi connectivity index (χ4n) is 3.80. The Kier molecular flexibility index (Phi) is 11.0. The Bertz CT molecular complexity index is 908. The van der Waals surface area contributed by atoms with Crippen molar-refractivity contribution in [2.45, 2.75) is 6.54 Å². The van der Waals surface area contributed by atoms with E-state index >= 15 is 0 Å². The fraction of sp³-hybridized carbons (Fsp3) is 0.571. The van der Waals surface area contributed by atoms with Crippen LogP contribution in [0, 0.1) is 29.1 Å². The van der Waals surface area contributed by atoms with Gasteiger partial charge in [0.05, 0.1) is 19.6 Å². The predicted octanol–water partition coefficient (Wildman–Crippen LogP) is 0.358. The molecule has 3 N–H and O–H groups in total. The summed E-state index contributed by atoms with van der Waals surface area (Å²) < 4.78 is 69.3. The van der Waals surface area contributed by atoms with Gasteiger partial charge in [-0.3, -0.25) is 34.0 Å². The third kappa shape index (κ3) is 8.65. The molecule has 0 aliphatic carbocycles. The molecule has 1 saturated heterocycles. The number of rotatable bonds is 8. The normalized spacial score (nSPS) is 17.9. The van der Waals surface area contributed by atoms with Crippen LogP contribution in [-0.2, 0) is 20.9 Å². The molecule has 10 nitrogen and oxygen atoms in total. The van der Waals surface area contributed by atoms with E-state index in [1.54, 1.807) is 0 Å². The maximum absolute atomic E-state index is 14.3. The van der Waals surface area contributed by atoms with Gasteiger partial charge < -0.3 is 15.3 Å². The molecule has 0 unspecified atom stereocenters. The summed E-state index contributed by atoms with van der Waals surface area (Å²) >= 11 is 0. The highest BCUT2D eigenvalue weighted by Gasteiger charge is 2.27. The molecule has 1 aliphatic rings. The smallest absolute Gasteiger partial charge is 0.317 e. The van der Waals surface area contributed by atoms with Gasteiger partial charge in [-0.05, 0) is 0 Å². The Labute approximate surface area is 203 Å². The number of carboxylic acid groups (broad SMARTS) is 3. The molecule has 0 amide bonds. The van der Waals surface area contributed by atoms with Crippen LogP contribution in [0.3, 0.4) is 0 Å². The lowest BCUT2D eigenvalue weighted by Gasteiger charge is -2.33. The first-order chi connectivity index (χ1) is 16.9. The second-order valence-electron chi connectivity index (χ2n) is 8.33. The molecule has 1 aliphatic heterocycles. The highest BCUT2D eigenvalue weighted by atomic mass is 19.2. The first-order valence-electron chi connectivity index (χ1n) is 10.9. The molecule has 2 rings (SSSR count). The van der Waals surface area contributed by atoms with E-state index in [1.807, 2.05) is 0 Å². The Morgan fingerprint density at radius 3 is 1.03 bits per heavy atom. The molecule has 202 valence electrons. The first-order valence-corrected chi connectivity index (χ1v) is 10.9. The number of hydrogen-bond donors (Lipinski definition) is 3. The molecule has 0 spiro atoms. The van der Waals surface area contributed by atoms with Crippen LogP contribution < -0.4 is 0 Å². The van der Waals surface area contributed by atoms with Crippen LogP contribution in [0.2, 0.25) is 0 Å². The topological polar surface area (TPSA) is 125 Å². The van der Waals surface area contributed by atoms with Crippen LogP contribution in [0.4, 0.5) is 22.0 Å². The van der Waals surface area contributed by atoms with Crippen LogP contribution in [0.1, 0.15) is 5.56 Å². The molecule has 0 radical (unpaired) electrons. The maximum atomic E-state index is 14.3. The minimum absolute atomic E-state index is 0.0154. The molecule has 1 fully saturated rings. The van der Waals surface area contributed by atoms with Crippen molar-refractivity contribution in [3.63, 3.8) is 0 Å². The molecule has 0 saturated carbocycles. The van der Waals surface area contributed by atoms with Crippen molar-refractivity contribution in [1.29, 1.82) is 0 Å². The minimum atomic E-state index is -2.28. The van der Waals surface area contributed by atoms with Crippen molar-refractivity contribution >= 4 is 17.9 Å². The van der Waals surface area contributed by atoms with Gasteiger partial charge >= 0.3 is 17.9 Å². The van der Waals surface area contributed by atoms with Crippen molar-refractivity contribution in [1.82, 2.24) is 19.6 Å². The van der Waals surface area contributed by atoms with Gasteiger partial charge in [0.25, 0.3) is 0 Å². The van der Waals surface area contributed by atoms with Crippen molar-refractivity contribution < 1.29 is 51.7 Å². The average Bonchev–Trinajstić information content (AvgIpc) is 2.79. The van der Waals surface area contributed by atoms with Crippen LogP contribution in [0.25, 0.3) is 0 Å². The zero-order valence-corrected chi connectivity index (χ0v) is 19.2. The summed E-state index contributed by atoms with van der Waals surface area (Å²) in [7, 11) is 0. The molecule has 36 heavy (non-hydrogen) atoms. The Hall–Kier alpha value is -2.88. The number of benzene rings is 1. The molecule has 0 bridgehead atoms. The molecule has 1 heterocycles. The lowest BCUT2D eigenvalue weighted by Crippen LogP contribution is -2.48. The van der Waals surface area contributed by atoms with Gasteiger partial charge in [0.1, 0.15) is 0 Å². The van der Waals surface area contributed by atoms with Gasteiger partial charge in [0.2, 0.25) is 5.82 Å². The molecule has 1 aromatic carbocycles. The highest BCUT2D eigenvalue weighted by Crippen LogP contribution is 2.24. The highest BCUT2D eigenvalue weighted by molar-refractivity contribution is 5.69. The van der Waals surface area contributed by atoms with E-state index in [0.717, 1.165) is 0 Å². The number of aliphatic carboxylic acids is 3. The summed E-state index contributed by atoms with van der Waals surface area (Å²) in [5.41, 5.74) is -1.05. The van der Waals surface area contributed by atoms with Crippen molar-refractivity contribution in [2.24, 2.45) is 0 Å². The van der Waals surface area contributed by atoms with Crippen LogP contribution in [-0.4, -0.2) is 125 Å². The molecule has 0 aromatic heterocycles. The van der Waals surface area contributed by atoms with Crippen LogP contribution in [0.5, 0.6) is 0 Å². The zero-order valence-electron chi connectivity index (χ0n) is 19.2. The van der Waals surface area contributed by atoms with Crippen molar-refractivity contribution in [3.05, 3.63) is 34.6 Å². The van der Waals surface area contributed by atoms with E-state index in [9.17, 15) is 46.5 Å². The lowest BCUT2D eigenvalue weighted by molar-refractivity contribution is -0.140. The van der Waals surface area contributed by atoms with E-state index < -0.39 is 72.2 Å². The SMILES string of the molecule is O=C(O)CN1CCN(CC(=O)O)CCN(Cc2c(F)c(F)c(F)c(F)c2F)CCN(CC(=O)O)CC1.